The molecule has 0 bridgehead atoms. The highest BCUT2D eigenvalue weighted by atomic mass is 16.5. The zero-order valence-electron chi connectivity index (χ0n) is 20.0. The molecule has 0 saturated carbocycles. The van der Waals surface area contributed by atoms with E-state index in [1.807, 2.05) is 98.1 Å². The van der Waals surface area contributed by atoms with Crippen LogP contribution < -0.4 is 10.1 Å². The molecule has 0 atom stereocenters. The molecule has 178 valence electrons. The molecule has 3 aromatic carbocycles. The first kappa shape index (κ1) is 24.2. The predicted molar refractivity (Wildman–Crippen MR) is 141 cm³/mol. The summed E-state index contributed by atoms with van der Waals surface area (Å²) in [5, 5.41) is 17.4. The normalized spacial score (nSPS) is 10.9. The second kappa shape index (κ2) is 11.5. The molecular formula is C30H26N4O2. The molecule has 6 heteroatoms. The number of para-hydroxylation sites is 1. The van der Waals surface area contributed by atoms with Gasteiger partial charge in [-0.2, -0.15) is 10.4 Å². The van der Waals surface area contributed by atoms with Gasteiger partial charge in [0.25, 0.3) is 5.91 Å². The Morgan fingerprint density at radius 2 is 1.83 bits per heavy atom. The van der Waals surface area contributed by atoms with E-state index in [4.69, 9.17) is 9.84 Å². The average molecular weight is 475 g/mol. The summed E-state index contributed by atoms with van der Waals surface area (Å²) in [6.07, 6.45) is 5.10. The van der Waals surface area contributed by atoms with Gasteiger partial charge in [-0.25, -0.2) is 4.68 Å². The minimum absolute atomic E-state index is 0.00227. The minimum atomic E-state index is -0.441. The molecular weight excluding hydrogens is 448 g/mol. The SMILES string of the molecule is C=CCOc1ccc(-c2nn(-c3ccccc3)cc2C=C(C#N)C(=O)NCc2ccccc2)cc1C. The fraction of sp³-hybridized carbons (Fsp3) is 0.100. The number of aryl methyl sites for hydroxylation is 1. The highest BCUT2D eigenvalue weighted by Gasteiger charge is 2.16. The Bertz CT molecular complexity index is 1430. The van der Waals surface area contributed by atoms with Crippen molar-refractivity contribution in [1.82, 2.24) is 15.1 Å². The fourth-order valence-electron chi connectivity index (χ4n) is 3.72. The Balaban J connectivity index is 1.70. The van der Waals surface area contributed by atoms with Crippen LogP contribution in [0.25, 0.3) is 23.0 Å². The van der Waals surface area contributed by atoms with Crippen LogP contribution >= 0.6 is 0 Å². The molecule has 0 saturated heterocycles. The number of carbonyl (C=O) groups excluding carboxylic acids is 1. The van der Waals surface area contributed by atoms with Crippen LogP contribution in [-0.2, 0) is 11.3 Å². The van der Waals surface area contributed by atoms with Crippen molar-refractivity contribution in [2.24, 2.45) is 0 Å². The van der Waals surface area contributed by atoms with Crippen LogP contribution in [0.2, 0.25) is 0 Å². The van der Waals surface area contributed by atoms with Gasteiger partial charge in [-0.1, -0.05) is 61.2 Å². The number of ether oxygens (including phenoxy) is 1. The third-order valence-electron chi connectivity index (χ3n) is 5.53. The van der Waals surface area contributed by atoms with Crippen molar-refractivity contribution in [3.63, 3.8) is 0 Å². The lowest BCUT2D eigenvalue weighted by atomic mass is 10.0. The first-order valence-electron chi connectivity index (χ1n) is 11.5. The number of nitrogens with one attached hydrogen (secondary N) is 1. The molecule has 36 heavy (non-hydrogen) atoms. The first-order valence-corrected chi connectivity index (χ1v) is 11.5. The van der Waals surface area contributed by atoms with Crippen LogP contribution in [-0.4, -0.2) is 22.3 Å². The highest BCUT2D eigenvalue weighted by molar-refractivity contribution is 6.02. The molecule has 0 aliphatic heterocycles. The van der Waals surface area contributed by atoms with E-state index in [0.29, 0.717) is 24.4 Å². The second-order valence-corrected chi connectivity index (χ2v) is 8.13. The quantitative estimate of drug-likeness (QED) is 0.194. The van der Waals surface area contributed by atoms with Gasteiger partial charge < -0.3 is 10.1 Å². The summed E-state index contributed by atoms with van der Waals surface area (Å²) in [5.74, 6) is 0.320. The van der Waals surface area contributed by atoms with Crippen LogP contribution in [0.1, 0.15) is 16.7 Å². The van der Waals surface area contributed by atoms with Crippen molar-refractivity contribution >= 4 is 12.0 Å². The van der Waals surface area contributed by atoms with Crippen molar-refractivity contribution in [1.29, 1.82) is 5.26 Å². The lowest BCUT2D eigenvalue weighted by Crippen LogP contribution is -2.23. The minimum Gasteiger partial charge on any atom is -0.489 e. The van der Waals surface area contributed by atoms with Crippen molar-refractivity contribution in [3.05, 3.63) is 120 Å². The first-order chi connectivity index (χ1) is 17.6. The van der Waals surface area contributed by atoms with Gasteiger partial charge in [0.2, 0.25) is 0 Å². The molecule has 1 amide bonds. The average Bonchev–Trinajstić information content (AvgIpc) is 3.34. The maximum absolute atomic E-state index is 12.8. The number of hydrogen-bond donors (Lipinski definition) is 1. The third-order valence-corrected chi connectivity index (χ3v) is 5.53. The summed E-state index contributed by atoms with van der Waals surface area (Å²) in [6, 6.07) is 27.1. The Morgan fingerprint density at radius 3 is 2.50 bits per heavy atom. The maximum atomic E-state index is 12.8. The smallest absolute Gasteiger partial charge is 0.262 e. The van der Waals surface area contributed by atoms with Gasteiger partial charge in [0, 0.05) is 23.9 Å². The van der Waals surface area contributed by atoms with E-state index in [0.717, 1.165) is 28.1 Å². The van der Waals surface area contributed by atoms with Crippen molar-refractivity contribution in [2.75, 3.05) is 6.61 Å². The van der Waals surface area contributed by atoms with E-state index in [9.17, 15) is 10.1 Å². The Kier molecular flexibility index (Phi) is 7.74. The molecule has 4 rings (SSSR count). The number of hydrogen-bond acceptors (Lipinski definition) is 4. The van der Waals surface area contributed by atoms with Gasteiger partial charge in [-0.05, 0) is 54.5 Å². The molecule has 4 aromatic rings. The number of nitriles is 1. The van der Waals surface area contributed by atoms with Crippen molar-refractivity contribution < 1.29 is 9.53 Å². The largest absolute Gasteiger partial charge is 0.489 e. The summed E-state index contributed by atoms with van der Waals surface area (Å²) < 4.78 is 7.45. The summed E-state index contributed by atoms with van der Waals surface area (Å²) in [5.41, 5.74) is 4.93. The van der Waals surface area contributed by atoms with Crippen LogP contribution in [0.15, 0.2) is 103 Å². The lowest BCUT2D eigenvalue weighted by Gasteiger charge is -2.09. The number of amides is 1. The van der Waals surface area contributed by atoms with Gasteiger partial charge in [-0.15, -0.1) is 0 Å². The highest BCUT2D eigenvalue weighted by Crippen LogP contribution is 2.30. The molecule has 6 nitrogen and oxygen atoms in total. The molecule has 0 spiro atoms. The Labute approximate surface area is 210 Å². The maximum Gasteiger partial charge on any atom is 0.262 e. The Hall–Kier alpha value is -4.89. The number of rotatable bonds is 9. The number of carbonyl (C=O) groups is 1. The third kappa shape index (κ3) is 5.78. The van der Waals surface area contributed by atoms with E-state index in [1.165, 1.54) is 0 Å². The molecule has 0 unspecified atom stereocenters. The standard InChI is InChI=1S/C30H26N4O2/c1-3-16-36-28-15-14-24(17-22(28)2)29-26(21-34(33-29)27-12-8-5-9-13-27)18-25(19-31)30(35)32-20-23-10-6-4-7-11-23/h3-15,17-18,21H,1,16,20H2,2H3,(H,32,35). The monoisotopic (exact) mass is 474 g/mol. The molecule has 0 aliphatic carbocycles. The van der Waals surface area contributed by atoms with E-state index < -0.39 is 5.91 Å². The lowest BCUT2D eigenvalue weighted by molar-refractivity contribution is -0.117. The number of nitrogens with zero attached hydrogens (tertiary/aromatic N) is 3. The van der Waals surface area contributed by atoms with E-state index in [2.05, 4.69) is 11.9 Å². The van der Waals surface area contributed by atoms with Crippen LogP contribution in [0.5, 0.6) is 5.75 Å². The van der Waals surface area contributed by atoms with Gasteiger partial charge >= 0.3 is 0 Å². The predicted octanol–water partition coefficient (Wildman–Crippen LogP) is 5.64. The van der Waals surface area contributed by atoms with E-state index in [-0.39, 0.29) is 5.57 Å². The van der Waals surface area contributed by atoms with Crippen LogP contribution in [0.4, 0.5) is 0 Å². The molecule has 1 N–H and O–H groups in total. The molecule has 0 aliphatic rings. The fourth-order valence-corrected chi connectivity index (χ4v) is 3.72. The summed E-state index contributed by atoms with van der Waals surface area (Å²) in [7, 11) is 0. The van der Waals surface area contributed by atoms with Gasteiger partial charge in [-0.3, -0.25) is 4.79 Å². The van der Waals surface area contributed by atoms with Gasteiger partial charge in [0.1, 0.15) is 29.7 Å². The van der Waals surface area contributed by atoms with Gasteiger partial charge in [0.05, 0.1) is 5.69 Å². The van der Waals surface area contributed by atoms with E-state index >= 15 is 0 Å². The zero-order valence-corrected chi connectivity index (χ0v) is 20.0. The molecule has 0 radical (unpaired) electrons. The van der Waals surface area contributed by atoms with Crippen LogP contribution in [0.3, 0.4) is 0 Å². The van der Waals surface area contributed by atoms with Gasteiger partial charge in [0.15, 0.2) is 0 Å². The van der Waals surface area contributed by atoms with Crippen molar-refractivity contribution in [3.8, 4) is 28.8 Å². The van der Waals surface area contributed by atoms with Crippen molar-refractivity contribution in [2.45, 2.75) is 13.5 Å². The van der Waals surface area contributed by atoms with Crippen LogP contribution in [0, 0.1) is 18.3 Å². The molecule has 0 fully saturated rings. The molecule has 1 aromatic heterocycles. The zero-order chi connectivity index (χ0) is 25.3. The number of benzene rings is 3. The topological polar surface area (TPSA) is 79.9 Å². The number of aromatic nitrogens is 2. The summed E-state index contributed by atoms with van der Waals surface area (Å²) in [4.78, 5) is 12.8. The second-order valence-electron chi connectivity index (χ2n) is 8.13. The molecule has 1 heterocycles. The van der Waals surface area contributed by atoms with E-state index in [1.54, 1.807) is 16.8 Å². The summed E-state index contributed by atoms with van der Waals surface area (Å²) in [6.45, 7) is 6.40. The summed E-state index contributed by atoms with van der Waals surface area (Å²) >= 11 is 0. The Morgan fingerprint density at radius 1 is 1.11 bits per heavy atom.